The number of rotatable bonds is 6. The quantitative estimate of drug-likeness (QED) is 0.145. The van der Waals surface area contributed by atoms with E-state index in [9.17, 15) is 9.90 Å². The van der Waals surface area contributed by atoms with Crippen LogP contribution in [0.15, 0.2) is 119 Å². The number of aromatic nitrogens is 1. The highest BCUT2D eigenvalue weighted by atomic mass is 16.3. The summed E-state index contributed by atoms with van der Waals surface area (Å²) in [6.07, 6.45) is 0. The summed E-state index contributed by atoms with van der Waals surface area (Å²) < 4.78 is 0. The van der Waals surface area contributed by atoms with Crippen molar-refractivity contribution in [1.82, 2.24) is 4.98 Å². The van der Waals surface area contributed by atoms with Crippen LogP contribution in [0.5, 0.6) is 5.75 Å². The SMILES string of the molecule is Cc1ccc(Nc2ccc(N=Nc3c(O)c(C(=O)Nc4cccc(C)c4)cc4ccc5c([nH]c6cccc(C)c65)c34)cc2)cc1. The van der Waals surface area contributed by atoms with E-state index in [0.717, 1.165) is 49.7 Å². The van der Waals surface area contributed by atoms with Crippen LogP contribution in [0.4, 0.5) is 28.4 Å². The first kappa shape index (κ1) is 27.9. The number of nitrogens with one attached hydrogen (secondary N) is 3. The van der Waals surface area contributed by atoms with Crippen LogP contribution in [-0.4, -0.2) is 16.0 Å². The molecule has 45 heavy (non-hydrogen) atoms. The molecule has 1 heterocycles. The van der Waals surface area contributed by atoms with E-state index in [1.165, 1.54) is 5.56 Å². The largest absolute Gasteiger partial charge is 0.505 e. The zero-order valence-corrected chi connectivity index (χ0v) is 25.1. The second-order valence-corrected chi connectivity index (χ2v) is 11.4. The fourth-order valence-electron chi connectivity index (χ4n) is 5.78. The highest BCUT2D eigenvalue weighted by molar-refractivity contribution is 6.23. The summed E-state index contributed by atoms with van der Waals surface area (Å²) in [6.45, 7) is 6.09. The number of fused-ring (bicyclic) bond motifs is 5. The van der Waals surface area contributed by atoms with E-state index in [1.54, 1.807) is 6.07 Å². The minimum atomic E-state index is -0.435. The Kier molecular flexibility index (Phi) is 6.98. The average Bonchev–Trinajstić information content (AvgIpc) is 3.42. The van der Waals surface area contributed by atoms with Crippen LogP contribution in [-0.2, 0) is 0 Å². The van der Waals surface area contributed by atoms with Gasteiger partial charge in [0.1, 0.15) is 5.69 Å². The van der Waals surface area contributed by atoms with Crippen molar-refractivity contribution in [1.29, 1.82) is 0 Å². The first-order valence-corrected chi connectivity index (χ1v) is 14.8. The second kappa shape index (κ2) is 11.3. The van der Waals surface area contributed by atoms with Crippen LogP contribution in [0, 0.1) is 20.8 Å². The molecule has 0 radical (unpaired) electrons. The molecule has 0 unspecified atom stereocenters. The molecule has 7 nitrogen and oxygen atoms in total. The molecular formula is C38H31N5O2. The molecule has 0 fully saturated rings. The Balaban J connectivity index is 1.33. The van der Waals surface area contributed by atoms with Gasteiger partial charge in [0.25, 0.3) is 5.91 Å². The fourth-order valence-corrected chi connectivity index (χ4v) is 5.78. The maximum Gasteiger partial charge on any atom is 0.259 e. The van der Waals surface area contributed by atoms with E-state index in [2.05, 4.69) is 57.9 Å². The first-order chi connectivity index (χ1) is 21.8. The number of nitrogens with zero attached hydrogens (tertiary/aromatic N) is 2. The highest BCUT2D eigenvalue weighted by Gasteiger charge is 2.22. The van der Waals surface area contributed by atoms with Gasteiger partial charge < -0.3 is 20.7 Å². The molecule has 6 aromatic carbocycles. The van der Waals surface area contributed by atoms with Gasteiger partial charge >= 0.3 is 0 Å². The van der Waals surface area contributed by atoms with Crippen LogP contribution >= 0.6 is 0 Å². The number of phenols is 1. The highest BCUT2D eigenvalue weighted by Crippen LogP contribution is 2.44. The number of anilines is 3. The number of amides is 1. The zero-order chi connectivity index (χ0) is 31.1. The Hall–Kier alpha value is -5.95. The topological polar surface area (TPSA) is 102 Å². The molecule has 7 aromatic rings. The summed E-state index contributed by atoms with van der Waals surface area (Å²) in [7, 11) is 0. The molecule has 0 aliphatic carbocycles. The van der Waals surface area contributed by atoms with Gasteiger partial charge in [-0.1, -0.05) is 54.1 Å². The number of aryl methyl sites for hydroxylation is 3. The number of hydrogen-bond acceptors (Lipinski definition) is 5. The minimum Gasteiger partial charge on any atom is -0.505 e. The summed E-state index contributed by atoms with van der Waals surface area (Å²) in [5, 5.41) is 30.6. The number of azo groups is 1. The maximum atomic E-state index is 13.5. The van der Waals surface area contributed by atoms with Crippen LogP contribution in [0.2, 0.25) is 0 Å². The molecule has 0 atom stereocenters. The van der Waals surface area contributed by atoms with E-state index < -0.39 is 5.91 Å². The standard InChI is InChI=1S/C38H31N5O2/c1-22-10-13-26(14-11-22)39-27-15-17-28(18-16-27)42-43-36-34-25(12-19-30-33-24(3)7-5-9-32(33)41-35(30)34)21-31(37(36)44)38(45)40-29-8-4-6-23(2)20-29/h4-21,39,41,44H,1-3H3,(H,40,45). The van der Waals surface area contributed by atoms with Crippen LogP contribution in [0.25, 0.3) is 32.6 Å². The van der Waals surface area contributed by atoms with Gasteiger partial charge in [0, 0.05) is 38.7 Å². The van der Waals surface area contributed by atoms with Crippen LogP contribution in [0.3, 0.4) is 0 Å². The lowest BCUT2D eigenvalue weighted by atomic mass is 9.99. The van der Waals surface area contributed by atoms with Crippen LogP contribution < -0.4 is 10.6 Å². The Labute approximate surface area is 260 Å². The Morgan fingerprint density at radius 1 is 0.711 bits per heavy atom. The third-order valence-electron chi connectivity index (χ3n) is 8.05. The maximum absolute atomic E-state index is 13.5. The van der Waals surface area contributed by atoms with Gasteiger partial charge in [-0.2, -0.15) is 5.11 Å². The van der Waals surface area contributed by atoms with Gasteiger partial charge in [-0.25, -0.2) is 0 Å². The van der Waals surface area contributed by atoms with Crippen molar-refractivity contribution in [3.05, 3.63) is 131 Å². The summed E-state index contributed by atoms with van der Waals surface area (Å²) >= 11 is 0. The smallest absolute Gasteiger partial charge is 0.259 e. The molecule has 0 bridgehead atoms. The van der Waals surface area contributed by atoms with E-state index in [4.69, 9.17) is 0 Å². The van der Waals surface area contributed by atoms with Gasteiger partial charge in [0.15, 0.2) is 5.75 Å². The number of hydrogen-bond donors (Lipinski definition) is 4. The summed E-state index contributed by atoms with van der Waals surface area (Å²) in [4.78, 5) is 17.0. The van der Waals surface area contributed by atoms with Gasteiger partial charge in [-0.15, -0.1) is 5.11 Å². The van der Waals surface area contributed by atoms with Crippen molar-refractivity contribution < 1.29 is 9.90 Å². The monoisotopic (exact) mass is 589 g/mol. The molecule has 1 amide bonds. The Morgan fingerprint density at radius 2 is 1.44 bits per heavy atom. The Morgan fingerprint density at radius 3 is 2.20 bits per heavy atom. The summed E-state index contributed by atoms with van der Waals surface area (Å²) in [5.74, 6) is -0.674. The van der Waals surface area contributed by atoms with Gasteiger partial charge in [-0.05, 0) is 97.9 Å². The Bertz CT molecular complexity index is 2270. The lowest BCUT2D eigenvalue weighted by molar-refractivity contribution is 0.102. The molecule has 0 spiro atoms. The van der Waals surface area contributed by atoms with Crippen molar-refractivity contribution in [2.45, 2.75) is 20.8 Å². The van der Waals surface area contributed by atoms with Gasteiger partial charge in [0.2, 0.25) is 0 Å². The van der Waals surface area contributed by atoms with E-state index >= 15 is 0 Å². The van der Waals surface area contributed by atoms with E-state index in [-0.39, 0.29) is 17.0 Å². The molecule has 0 saturated heterocycles. The molecule has 220 valence electrons. The van der Waals surface area contributed by atoms with E-state index in [0.29, 0.717) is 16.8 Å². The lowest BCUT2D eigenvalue weighted by Gasteiger charge is -2.12. The molecule has 7 heteroatoms. The average molecular weight is 590 g/mol. The molecule has 0 saturated carbocycles. The fraction of sp³-hybridized carbons (Fsp3) is 0.0789. The third kappa shape index (κ3) is 5.36. The molecule has 0 aliphatic heterocycles. The first-order valence-electron chi connectivity index (χ1n) is 14.8. The second-order valence-electron chi connectivity index (χ2n) is 11.4. The van der Waals surface area contributed by atoms with Crippen molar-refractivity contribution in [3.8, 4) is 5.75 Å². The van der Waals surface area contributed by atoms with Crippen LogP contribution in [0.1, 0.15) is 27.0 Å². The van der Waals surface area contributed by atoms with Crippen molar-refractivity contribution in [2.75, 3.05) is 10.6 Å². The number of carbonyl (C=O) groups is 1. The predicted molar refractivity (Wildman–Crippen MR) is 184 cm³/mol. The van der Waals surface area contributed by atoms with Crippen molar-refractivity contribution >= 4 is 66.9 Å². The molecule has 7 rings (SSSR count). The number of H-pyrrole nitrogens is 1. The number of carbonyl (C=O) groups excluding carboxylic acids is 1. The number of aromatic hydroxyl groups is 1. The minimum absolute atomic E-state index is 0.113. The molecule has 4 N–H and O–H groups in total. The third-order valence-corrected chi connectivity index (χ3v) is 8.05. The van der Waals surface area contributed by atoms with Gasteiger partial charge in [-0.3, -0.25) is 4.79 Å². The van der Waals surface area contributed by atoms with Crippen molar-refractivity contribution in [2.24, 2.45) is 10.2 Å². The predicted octanol–water partition coefficient (Wildman–Crippen LogP) is 10.5. The van der Waals surface area contributed by atoms with Gasteiger partial charge in [0.05, 0.1) is 16.8 Å². The molecular weight excluding hydrogens is 558 g/mol. The molecule has 1 aromatic heterocycles. The van der Waals surface area contributed by atoms with Crippen molar-refractivity contribution in [3.63, 3.8) is 0 Å². The number of aromatic amines is 1. The lowest BCUT2D eigenvalue weighted by Crippen LogP contribution is -2.12. The normalized spacial score (nSPS) is 11.5. The summed E-state index contributed by atoms with van der Waals surface area (Å²) in [5.41, 5.74) is 8.64. The molecule has 0 aliphatic rings. The zero-order valence-electron chi connectivity index (χ0n) is 25.1. The number of phenolic OH excluding ortho intramolecular Hbond substituents is 1. The van der Waals surface area contributed by atoms with E-state index in [1.807, 2.05) is 91.9 Å². The number of benzene rings is 6. The summed E-state index contributed by atoms with van der Waals surface area (Å²) in [6, 6.07) is 35.1.